The minimum atomic E-state index is -2.15. The minimum Gasteiger partial charge on any atom is -0.507 e. The second kappa shape index (κ2) is 24.0. The molecule has 2 saturated heterocycles. The number of aliphatic hydroxyl groups is 2. The largest absolute Gasteiger partial charge is 0.507 e. The number of carbonyl (C=O) groups excluding carboxylic acids is 4. The van der Waals surface area contributed by atoms with Crippen LogP contribution in [0.5, 0.6) is 23.0 Å². The molecule has 23 nitrogen and oxygen atoms in total. The van der Waals surface area contributed by atoms with E-state index in [1.165, 1.54) is 64.0 Å². The molecule has 7 N–H and O–H groups in total. The van der Waals surface area contributed by atoms with Gasteiger partial charge in [0.2, 0.25) is 0 Å². The van der Waals surface area contributed by atoms with Gasteiger partial charge in [0.1, 0.15) is 35.0 Å². The van der Waals surface area contributed by atoms with Gasteiger partial charge in [0.05, 0.1) is 90.0 Å². The quantitative estimate of drug-likeness (QED) is 0.0415. The number of carbonyl (C=O) groups is 5. The number of aromatic hydroxyl groups is 3. The summed E-state index contributed by atoms with van der Waals surface area (Å²) in [6.07, 6.45) is 6.03. The van der Waals surface area contributed by atoms with Crippen LogP contribution in [-0.2, 0) is 28.5 Å². The molecule has 2 aromatic heterocycles. The normalized spacial score (nSPS) is 28.3. The number of nitrogens with zero attached hydrogens (tertiary/aromatic N) is 5. The first-order chi connectivity index (χ1) is 40.2. The van der Waals surface area contributed by atoms with Crippen LogP contribution in [0.3, 0.4) is 0 Å². The Bertz CT molecular complexity index is 3570. The first-order valence-electron chi connectivity index (χ1n) is 28.4. The average Bonchev–Trinajstić information content (AvgIpc) is 1.78. The lowest BCUT2D eigenvalue weighted by atomic mass is 9.78. The van der Waals surface area contributed by atoms with Gasteiger partial charge in [-0.2, -0.15) is 5.10 Å². The van der Waals surface area contributed by atoms with E-state index in [1.54, 1.807) is 50.6 Å². The molecule has 4 aromatic rings. The maximum Gasteiger partial charge on any atom is 0.410 e. The number of benzene rings is 2. The third-order valence-electron chi connectivity index (χ3n) is 17.3. The van der Waals surface area contributed by atoms with Crippen LogP contribution in [0.4, 0.5) is 20.6 Å². The number of methoxy groups -OCH3 is 1. The molecule has 0 radical (unpaired) electrons. The van der Waals surface area contributed by atoms with E-state index in [9.17, 15) is 59.4 Å². The van der Waals surface area contributed by atoms with Crippen molar-refractivity contribution in [2.45, 2.75) is 124 Å². The molecule has 24 heteroatoms. The van der Waals surface area contributed by atoms with Gasteiger partial charge in [-0.3, -0.25) is 28.6 Å². The highest BCUT2D eigenvalue weighted by molar-refractivity contribution is 6.24. The van der Waals surface area contributed by atoms with Gasteiger partial charge in [-0.05, 0) is 62.8 Å². The number of hydrogen-bond acceptors (Lipinski definition) is 19. The number of halogens is 1. The van der Waals surface area contributed by atoms with Crippen molar-refractivity contribution in [2.75, 3.05) is 56.6 Å². The average molecular weight is 1180 g/mol. The predicted molar refractivity (Wildman–Crippen MR) is 309 cm³/mol. The van der Waals surface area contributed by atoms with E-state index in [4.69, 9.17) is 23.7 Å². The third kappa shape index (κ3) is 11.6. The summed E-state index contributed by atoms with van der Waals surface area (Å²) >= 11 is 0. The predicted octanol–water partition coefficient (Wildman–Crippen LogP) is 6.76. The van der Waals surface area contributed by atoms with Crippen LogP contribution in [0.1, 0.15) is 117 Å². The lowest BCUT2D eigenvalue weighted by molar-refractivity contribution is -0.160. The lowest BCUT2D eigenvalue weighted by Gasteiger charge is -2.38. The number of esters is 1. The fraction of sp³-hybridized carbons (Fsp3) is 0.492. The molecular formula is C61H73FN6O17. The number of phenols is 3. The number of Topliss-reactive ketones (excluding diaryl/α,β-unsaturated/α-hetero) is 1. The number of carboxylic acids is 1. The van der Waals surface area contributed by atoms with Gasteiger partial charge >= 0.3 is 23.8 Å². The zero-order valence-electron chi connectivity index (χ0n) is 49.0. The molecule has 85 heavy (non-hydrogen) atoms. The molecular weight excluding hydrogens is 1110 g/mol. The number of ketones is 1. The Morgan fingerprint density at radius 3 is 2.21 bits per heavy atom. The van der Waals surface area contributed by atoms with Crippen molar-refractivity contribution in [1.29, 1.82) is 0 Å². The summed E-state index contributed by atoms with van der Waals surface area (Å²) in [5.74, 6) is -11.4. The molecule has 10 atom stereocenters. The van der Waals surface area contributed by atoms with Gasteiger partial charge in [-0.1, -0.05) is 45.9 Å². The second-order valence-electron chi connectivity index (χ2n) is 23.1. The molecule has 0 unspecified atom stereocenters. The number of aliphatic hydroxyl groups excluding tert-OH is 2. The summed E-state index contributed by atoms with van der Waals surface area (Å²) < 4.78 is 46.8. The Balaban J connectivity index is 0.986. The van der Waals surface area contributed by atoms with Crippen LogP contribution >= 0.6 is 0 Å². The van der Waals surface area contributed by atoms with Crippen molar-refractivity contribution in [3.63, 3.8) is 0 Å². The zero-order valence-corrected chi connectivity index (χ0v) is 49.0. The lowest BCUT2D eigenvalue weighted by Crippen LogP contribution is -2.47. The highest BCUT2D eigenvalue weighted by Crippen LogP contribution is 2.55. The summed E-state index contributed by atoms with van der Waals surface area (Å²) in [6.45, 7) is 14.9. The van der Waals surface area contributed by atoms with Crippen LogP contribution in [0.15, 0.2) is 58.3 Å². The number of amides is 2. The number of aromatic nitrogens is 1. The van der Waals surface area contributed by atoms with Crippen molar-refractivity contribution in [3.8, 4) is 23.0 Å². The van der Waals surface area contributed by atoms with Crippen LogP contribution in [0.25, 0.3) is 16.3 Å². The minimum absolute atomic E-state index is 0.0196. The standard InChI is InChI=1S/C61H73FN6O17/c1-28-12-11-13-29(2)57(76)64-46-40(25-63-67-21-19-65(20-22-67)60(80)84-37-16-18-66(26-37)48-31(4)47-38(36-14-15-36)24-39(59(78)79)58(77)68(47)27-41(48)62)52(73)43-44(53(46)74)51(72)34(7)55-45(43)56(75)61(9,85-55)82-23-17-42(81-10)30(3)54(83-35(8)69)33(6)50(71)32(5)49(28)70/h11-13,17,23-25,27-28,30,32-33,36-37,42,49-50,54,70-74H,14-16,18-22,26H2,1-10H3,(H,64,76)(H,78,79)/b12-11+,23-17+,29-13-,63-25-/t28-,30+,32+,33+,37-,42-,49-,50+,54+,61-/m0/s1. The Morgan fingerprint density at radius 1 is 0.871 bits per heavy atom. The number of allylic oxidation sites excluding steroid dienone is 2. The van der Waals surface area contributed by atoms with Crippen molar-refractivity contribution in [3.05, 3.63) is 98.0 Å². The Labute approximate surface area is 489 Å². The Kier molecular flexibility index (Phi) is 17.3. The molecule has 6 aliphatic rings. The van der Waals surface area contributed by atoms with Gasteiger partial charge in [-0.15, -0.1) is 0 Å². The van der Waals surface area contributed by atoms with Gasteiger partial charge in [-0.25, -0.2) is 14.0 Å². The number of aromatic carboxylic acids is 1. The SMILES string of the molecule is CO[C@H]1/C=C/O[C@@]2(C)Oc3c(C)c(O)c4c(O)c(c(/C=N\N5CCN(C(=O)O[C@H]6CCN(c7c(F)cn8c(=O)c(C(=O)O)cc(C9CC9)c8c7C)C6)CC5)c(O)c4c3C2=O)NC(=O)/C(C)=C\C=C\[C@H](C)[C@H](O)[C@@H](C)[C@@H](O)[C@@H](C)[C@H](OC(C)=O)[C@@H]1C. The number of ether oxygens (including phenoxy) is 5. The third-order valence-corrected chi connectivity index (χ3v) is 17.3. The monoisotopic (exact) mass is 1180 g/mol. The van der Waals surface area contributed by atoms with E-state index >= 15 is 4.39 Å². The zero-order chi connectivity index (χ0) is 61.8. The van der Waals surface area contributed by atoms with E-state index in [0.29, 0.717) is 29.6 Å². The highest BCUT2D eigenvalue weighted by atomic mass is 19.1. The van der Waals surface area contributed by atoms with Crippen LogP contribution < -0.4 is 20.5 Å². The highest BCUT2D eigenvalue weighted by Gasteiger charge is 2.50. The van der Waals surface area contributed by atoms with Crippen LogP contribution in [0, 0.1) is 43.3 Å². The van der Waals surface area contributed by atoms with E-state index in [2.05, 4.69) is 10.4 Å². The maximum atomic E-state index is 16.0. The molecule has 1 saturated carbocycles. The van der Waals surface area contributed by atoms with E-state index < -0.39 is 135 Å². The smallest absolute Gasteiger partial charge is 0.410 e. The van der Waals surface area contributed by atoms with Crippen LogP contribution in [0.2, 0.25) is 0 Å². The summed E-state index contributed by atoms with van der Waals surface area (Å²) in [4.78, 5) is 83.3. The number of hydrazone groups is 1. The molecule has 2 amide bonds. The molecule has 5 bridgehead atoms. The number of aryl methyl sites for hydroxylation is 1. The first-order valence-corrected chi connectivity index (χ1v) is 28.4. The van der Waals surface area contributed by atoms with Crippen molar-refractivity contribution in [2.24, 2.45) is 28.8 Å². The number of pyridine rings is 2. The number of piperazine rings is 1. The number of phenolic OH excluding ortho intramolecular Hbond substituents is 3. The molecule has 1 aliphatic carbocycles. The van der Waals surface area contributed by atoms with Gasteiger partial charge in [0.25, 0.3) is 17.2 Å². The Hall–Kier alpha value is -8.22. The molecule has 2 aromatic carbocycles. The summed E-state index contributed by atoms with van der Waals surface area (Å²) in [5.41, 5.74) is -0.311. The molecule has 3 fully saturated rings. The number of nitrogens with one attached hydrogen (secondary N) is 1. The fourth-order valence-corrected chi connectivity index (χ4v) is 12.1. The summed E-state index contributed by atoms with van der Waals surface area (Å²) in [5, 5.41) is 77.3. The van der Waals surface area contributed by atoms with Crippen molar-refractivity contribution < 1.29 is 82.7 Å². The van der Waals surface area contributed by atoms with E-state index in [1.807, 2.05) is 0 Å². The number of fused-ring (bicyclic) bond motifs is 15. The molecule has 0 spiro atoms. The number of carboxylic acid groups (broad SMARTS) is 1. The van der Waals surface area contributed by atoms with Gasteiger partial charge in [0.15, 0.2) is 11.6 Å². The van der Waals surface area contributed by atoms with Crippen LogP contribution in [-0.4, -0.2) is 164 Å². The molecule has 5 aliphatic heterocycles. The molecule has 456 valence electrons. The molecule has 7 heterocycles. The molecule has 10 rings (SSSR count). The number of hydrogen-bond donors (Lipinski definition) is 7. The van der Waals surface area contributed by atoms with Gasteiger partial charge < -0.3 is 69.4 Å². The van der Waals surface area contributed by atoms with Crippen molar-refractivity contribution >= 4 is 63.6 Å². The van der Waals surface area contributed by atoms with E-state index in [0.717, 1.165) is 35.9 Å². The first kappa shape index (κ1) is 61.3. The van der Waals surface area contributed by atoms with Gasteiger partial charge in [0, 0.05) is 87.2 Å². The number of anilines is 2. The summed E-state index contributed by atoms with van der Waals surface area (Å²) in [6, 6.07) is 1.39. The van der Waals surface area contributed by atoms with E-state index in [-0.39, 0.29) is 77.7 Å². The number of rotatable bonds is 8. The summed E-state index contributed by atoms with van der Waals surface area (Å²) in [7, 11) is 1.41. The second-order valence-corrected chi connectivity index (χ2v) is 23.1. The maximum absolute atomic E-state index is 16.0. The van der Waals surface area contributed by atoms with Crippen molar-refractivity contribution in [1.82, 2.24) is 14.3 Å². The Morgan fingerprint density at radius 2 is 1.56 bits per heavy atom. The topological polar surface area (TPSA) is 308 Å². The fourth-order valence-electron chi connectivity index (χ4n) is 12.1.